The van der Waals surface area contributed by atoms with Crippen LogP contribution in [0.25, 0.3) is 0 Å². The van der Waals surface area contributed by atoms with Crippen LogP contribution in [0.15, 0.2) is 42.5 Å². The number of carbonyl (C=O) groups excluding carboxylic acids is 2. The van der Waals surface area contributed by atoms with E-state index >= 15 is 0 Å². The van der Waals surface area contributed by atoms with Crippen molar-refractivity contribution in [3.63, 3.8) is 0 Å². The Morgan fingerprint density at radius 1 is 1.26 bits per heavy atom. The van der Waals surface area contributed by atoms with E-state index in [4.69, 9.17) is 4.74 Å². The fraction of sp³-hybridized carbons (Fsp3) is 0.545. The minimum atomic E-state index is -1.38. The second-order valence-corrected chi connectivity index (χ2v) is 7.16. The van der Waals surface area contributed by atoms with E-state index in [9.17, 15) is 14.7 Å². The van der Waals surface area contributed by atoms with Crippen molar-refractivity contribution in [1.29, 1.82) is 0 Å². The summed E-state index contributed by atoms with van der Waals surface area (Å²) in [6.45, 7) is 4.29. The molecule has 1 aromatic rings. The molecule has 1 aliphatic heterocycles. The molecular weight excluding hydrogens is 342 g/mol. The number of aliphatic hydroxyl groups is 1. The topological polar surface area (TPSA) is 66.8 Å². The average molecular weight is 373 g/mol. The molecule has 1 heterocycles. The summed E-state index contributed by atoms with van der Waals surface area (Å²) in [5.74, 6) is -0.221. The third-order valence-electron chi connectivity index (χ3n) is 4.96. The minimum absolute atomic E-state index is 0.0858. The summed E-state index contributed by atoms with van der Waals surface area (Å²) in [5.41, 5.74) is -0.674. The van der Waals surface area contributed by atoms with Crippen molar-refractivity contribution in [2.24, 2.45) is 0 Å². The van der Waals surface area contributed by atoms with Gasteiger partial charge in [0.1, 0.15) is 12.2 Å². The van der Waals surface area contributed by atoms with E-state index < -0.39 is 11.7 Å². The number of unbranched alkanes of at least 4 members (excludes halogenated alkanes) is 2. The Morgan fingerprint density at radius 2 is 2.00 bits per heavy atom. The van der Waals surface area contributed by atoms with Crippen LogP contribution >= 0.6 is 0 Å². The van der Waals surface area contributed by atoms with Gasteiger partial charge in [-0.25, -0.2) is 4.79 Å². The molecule has 0 saturated carbocycles. The van der Waals surface area contributed by atoms with Crippen molar-refractivity contribution in [2.45, 2.75) is 70.4 Å². The zero-order valence-electron chi connectivity index (χ0n) is 16.4. The van der Waals surface area contributed by atoms with E-state index in [1.54, 1.807) is 0 Å². The summed E-state index contributed by atoms with van der Waals surface area (Å²) < 4.78 is 5.18. The Kier molecular flexibility index (Phi) is 8.04. The van der Waals surface area contributed by atoms with Crippen molar-refractivity contribution in [1.82, 2.24) is 0 Å². The van der Waals surface area contributed by atoms with Crippen molar-refractivity contribution >= 4 is 17.6 Å². The molecule has 1 fully saturated rings. The first kappa shape index (κ1) is 21.2. The van der Waals surface area contributed by atoms with Gasteiger partial charge < -0.3 is 9.84 Å². The molecular formula is C22H31NO4. The van der Waals surface area contributed by atoms with Crippen molar-refractivity contribution in [2.75, 3.05) is 11.5 Å². The molecule has 1 N–H and O–H groups in total. The van der Waals surface area contributed by atoms with E-state index in [0.717, 1.165) is 25.7 Å². The zero-order chi connectivity index (χ0) is 19.7. The van der Waals surface area contributed by atoms with E-state index in [1.807, 2.05) is 49.4 Å². The molecule has 1 saturated heterocycles. The van der Waals surface area contributed by atoms with Gasteiger partial charge in [0.2, 0.25) is 0 Å². The van der Waals surface area contributed by atoms with Crippen molar-refractivity contribution in [3.8, 4) is 0 Å². The maximum absolute atomic E-state index is 13.0. The molecule has 2 rings (SSSR count). The number of ketones is 1. The monoisotopic (exact) mass is 373 g/mol. The van der Waals surface area contributed by atoms with Crippen LogP contribution in [0.4, 0.5) is 10.5 Å². The lowest BCUT2D eigenvalue weighted by atomic mass is 9.85. The molecule has 5 heteroatoms. The van der Waals surface area contributed by atoms with Crippen LogP contribution < -0.4 is 4.90 Å². The highest BCUT2D eigenvalue weighted by Crippen LogP contribution is 2.29. The van der Waals surface area contributed by atoms with Crippen LogP contribution in [0.5, 0.6) is 0 Å². The normalized spacial score (nSPS) is 19.3. The number of hydrogen-bond donors (Lipinski definition) is 1. The Bertz CT molecular complexity index is 643. The first-order chi connectivity index (χ1) is 13.0. The van der Waals surface area contributed by atoms with Gasteiger partial charge in [-0.1, -0.05) is 63.5 Å². The summed E-state index contributed by atoms with van der Waals surface area (Å²) in [6.07, 6.45) is 7.98. The van der Waals surface area contributed by atoms with Crippen LogP contribution in [0.2, 0.25) is 0 Å². The summed E-state index contributed by atoms with van der Waals surface area (Å²) in [7, 11) is 0. The Morgan fingerprint density at radius 3 is 2.67 bits per heavy atom. The predicted octanol–water partition coefficient (Wildman–Crippen LogP) is 4.64. The lowest BCUT2D eigenvalue weighted by molar-refractivity contribution is -0.138. The van der Waals surface area contributed by atoms with E-state index in [1.165, 1.54) is 4.90 Å². The van der Waals surface area contributed by atoms with E-state index in [2.05, 4.69) is 6.92 Å². The number of benzene rings is 1. The highest BCUT2D eigenvalue weighted by atomic mass is 16.6. The molecule has 1 aliphatic rings. The summed E-state index contributed by atoms with van der Waals surface area (Å²) in [4.78, 5) is 26.7. The van der Waals surface area contributed by atoms with Crippen molar-refractivity contribution in [3.05, 3.63) is 42.5 Å². The molecule has 2 unspecified atom stereocenters. The molecule has 5 nitrogen and oxygen atoms in total. The number of allylic oxidation sites excluding steroid dienone is 1. The van der Waals surface area contributed by atoms with Crippen LogP contribution in [0.3, 0.4) is 0 Å². The maximum Gasteiger partial charge on any atom is 0.414 e. The number of ether oxygens (including phenoxy) is 1. The lowest BCUT2D eigenvalue weighted by Crippen LogP contribution is -2.43. The molecule has 1 aromatic carbocycles. The Labute approximate surface area is 162 Å². The molecule has 0 bridgehead atoms. The van der Waals surface area contributed by atoms with Gasteiger partial charge in [-0.15, -0.1) is 0 Å². The van der Waals surface area contributed by atoms with Gasteiger partial charge in [0, 0.05) is 18.5 Å². The number of amides is 1. The van der Waals surface area contributed by atoms with Crippen LogP contribution in [-0.2, 0) is 9.53 Å². The summed E-state index contributed by atoms with van der Waals surface area (Å²) in [5, 5.41) is 11.0. The molecule has 1 amide bonds. The van der Waals surface area contributed by atoms with Gasteiger partial charge in [0.25, 0.3) is 0 Å². The lowest BCUT2D eigenvalue weighted by Gasteiger charge is -2.28. The van der Waals surface area contributed by atoms with Crippen LogP contribution in [0, 0.1) is 0 Å². The molecule has 0 aliphatic carbocycles. The zero-order valence-corrected chi connectivity index (χ0v) is 16.4. The predicted molar refractivity (Wildman–Crippen MR) is 107 cm³/mol. The fourth-order valence-electron chi connectivity index (χ4n) is 3.31. The number of para-hydroxylation sites is 1. The summed E-state index contributed by atoms with van der Waals surface area (Å²) >= 11 is 0. The summed E-state index contributed by atoms with van der Waals surface area (Å²) in [6, 6.07) is 8.81. The molecule has 27 heavy (non-hydrogen) atoms. The van der Waals surface area contributed by atoms with E-state index in [-0.39, 0.29) is 24.9 Å². The molecule has 2 atom stereocenters. The van der Waals surface area contributed by atoms with Gasteiger partial charge in [-0.2, -0.15) is 0 Å². The van der Waals surface area contributed by atoms with Crippen LogP contribution in [-0.4, -0.2) is 35.2 Å². The quantitative estimate of drug-likeness (QED) is 0.574. The van der Waals surface area contributed by atoms with E-state index in [0.29, 0.717) is 18.5 Å². The number of cyclic esters (lactones) is 1. The Balaban J connectivity index is 2.11. The number of hydrogen-bond acceptors (Lipinski definition) is 4. The standard InChI is InChI=1S/C22H31NO4/c1-3-5-7-11-15-22(26,14-6-4-2)20(24)16-19-17-27-21(25)23(19)18-12-9-8-10-13-18/h7-13,19,26H,3-6,14-17H2,1-2H3/b11-7+. The molecule has 0 spiro atoms. The van der Waals surface area contributed by atoms with Crippen LogP contribution in [0.1, 0.15) is 58.8 Å². The number of carbonyl (C=O) groups is 2. The second kappa shape index (κ2) is 10.3. The minimum Gasteiger partial charge on any atom is -0.447 e. The highest BCUT2D eigenvalue weighted by molar-refractivity contribution is 5.94. The number of anilines is 1. The Hall–Kier alpha value is -2.14. The largest absolute Gasteiger partial charge is 0.447 e. The van der Waals surface area contributed by atoms with Gasteiger partial charge in [-0.05, 0) is 25.0 Å². The first-order valence-corrected chi connectivity index (χ1v) is 9.93. The fourth-order valence-corrected chi connectivity index (χ4v) is 3.31. The van der Waals surface area contributed by atoms with Gasteiger partial charge >= 0.3 is 6.09 Å². The number of nitrogens with zero attached hydrogens (tertiary/aromatic N) is 1. The molecule has 148 valence electrons. The maximum atomic E-state index is 13.0. The molecule has 0 aromatic heterocycles. The smallest absolute Gasteiger partial charge is 0.414 e. The SMILES string of the molecule is CCC/C=C/CC(O)(CCCC)C(=O)CC1COC(=O)N1c1ccccc1. The van der Waals surface area contributed by atoms with Gasteiger partial charge in [0.15, 0.2) is 5.78 Å². The third-order valence-corrected chi connectivity index (χ3v) is 4.96. The second-order valence-electron chi connectivity index (χ2n) is 7.16. The first-order valence-electron chi connectivity index (χ1n) is 9.93. The number of Topliss-reactive ketones (excluding diaryl/α,β-unsaturated/α-hetero) is 1. The van der Waals surface area contributed by atoms with Gasteiger partial charge in [0.05, 0.1) is 6.04 Å². The molecule has 0 radical (unpaired) electrons. The average Bonchev–Trinajstić information content (AvgIpc) is 3.04. The van der Waals surface area contributed by atoms with Crippen molar-refractivity contribution < 1.29 is 19.4 Å². The third kappa shape index (κ3) is 5.67. The van der Waals surface area contributed by atoms with Gasteiger partial charge in [-0.3, -0.25) is 9.69 Å². The highest BCUT2D eigenvalue weighted by Gasteiger charge is 2.41. The number of rotatable bonds is 11.